The van der Waals surface area contributed by atoms with E-state index in [4.69, 9.17) is 22.5 Å². The van der Waals surface area contributed by atoms with Gasteiger partial charge < -0.3 is 15.8 Å². The minimum Gasteiger partial charge on any atom is -0.409 e. The van der Waals surface area contributed by atoms with Gasteiger partial charge in [-0.05, 0) is 55.7 Å². The lowest BCUT2D eigenvalue weighted by Crippen LogP contribution is -2.30. The summed E-state index contributed by atoms with van der Waals surface area (Å²) >= 11 is 6.14. The van der Waals surface area contributed by atoms with Gasteiger partial charge in [0, 0.05) is 29.4 Å². The van der Waals surface area contributed by atoms with Gasteiger partial charge in [-0.15, -0.1) is 0 Å². The molecule has 0 saturated heterocycles. The normalized spacial score (nSPS) is 19.1. The molecule has 2 aliphatic rings. The first-order chi connectivity index (χ1) is 9.67. The highest BCUT2D eigenvalue weighted by Gasteiger charge is 2.30. The van der Waals surface area contributed by atoms with E-state index in [1.54, 1.807) is 6.07 Å². The Bertz CT molecular complexity index is 510. The van der Waals surface area contributed by atoms with Crippen LogP contribution in [-0.2, 0) is 0 Å². The van der Waals surface area contributed by atoms with E-state index in [0.29, 0.717) is 5.02 Å². The molecule has 20 heavy (non-hydrogen) atoms. The molecule has 3 rings (SSSR count). The summed E-state index contributed by atoms with van der Waals surface area (Å²) in [5, 5.41) is 12.8. The van der Waals surface area contributed by atoms with Crippen molar-refractivity contribution in [1.29, 1.82) is 0 Å². The van der Waals surface area contributed by atoms with E-state index >= 15 is 0 Å². The monoisotopic (exact) mass is 293 g/mol. The maximum atomic E-state index is 8.96. The lowest BCUT2D eigenvalue weighted by molar-refractivity contribution is 0.318. The Balaban J connectivity index is 1.91. The maximum absolute atomic E-state index is 8.96. The van der Waals surface area contributed by atoms with Crippen LogP contribution in [0, 0.1) is 11.8 Å². The van der Waals surface area contributed by atoms with Crippen molar-refractivity contribution in [2.75, 3.05) is 18.0 Å². The summed E-state index contributed by atoms with van der Waals surface area (Å²) in [7, 11) is 0. The smallest absolute Gasteiger partial charge is 0.172 e. The van der Waals surface area contributed by atoms with E-state index in [1.807, 2.05) is 12.1 Å². The summed E-state index contributed by atoms with van der Waals surface area (Å²) in [5.41, 5.74) is 7.56. The summed E-state index contributed by atoms with van der Waals surface area (Å²) in [6.07, 6.45) is 5.22. The fourth-order valence-electron chi connectivity index (χ4n) is 2.53. The molecule has 0 aliphatic heterocycles. The number of benzene rings is 1. The van der Waals surface area contributed by atoms with Gasteiger partial charge in [-0.1, -0.05) is 16.8 Å². The number of nitrogens with zero attached hydrogens (tertiary/aromatic N) is 2. The summed E-state index contributed by atoms with van der Waals surface area (Å²) in [4.78, 5) is 2.37. The second-order valence-electron chi connectivity index (χ2n) is 5.94. The number of hydrogen-bond donors (Lipinski definition) is 2. The molecule has 108 valence electrons. The van der Waals surface area contributed by atoms with Gasteiger partial charge in [0.1, 0.15) is 0 Å². The van der Waals surface area contributed by atoms with Crippen molar-refractivity contribution >= 4 is 23.1 Å². The molecule has 2 saturated carbocycles. The molecule has 0 bridgehead atoms. The van der Waals surface area contributed by atoms with E-state index in [0.717, 1.165) is 36.2 Å². The highest BCUT2D eigenvalue weighted by molar-refractivity contribution is 6.31. The minimum absolute atomic E-state index is 0.147. The van der Waals surface area contributed by atoms with Crippen LogP contribution in [-0.4, -0.2) is 24.1 Å². The van der Waals surface area contributed by atoms with Gasteiger partial charge in [0.15, 0.2) is 5.84 Å². The summed E-state index contributed by atoms with van der Waals surface area (Å²) in [6, 6.07) is 5.55. The number of oxime groups is 1. The fourth-order valence-corrected chi connectivity index (χ4v) is 2.70. The average Bonchev–Trinajstić information content (AvgIpc) is 3.32. The van der Waals surface area contributed by atoms with Gasteiger partial charge in [0.25, 0.3) is 0 Å². The molecule has 0 unspecified atom stereocenters. The molecule has 3 N–H and O–H groups in total. The highest BCUT2D eigenvalue weighted by Crippen LogP contribution is 2.37. The topological polar surface area (TPSA) is 61.9 Å². The molecule has 1 aromatic rings. The SMILES string of the molecule is NC(=NO)c1ccc(Cl)cc1N(CC1CC1)CC1CC1. The third kappa shape index (κ3) is 3.18. The predicted octanol–water partition coefficient (Wildman–Crippen LogP) is 3.06. The number of rotatable bonds is 6. The quantitative estimate of drug-likeness (QED) is 0.367. The highest BCUT2D eigenvalue weighted by atomic mass is 35.5. The lowest BCUT2D eigenvalue weighted by atomic mass is 10.1. The third-order valence-electron chi connectivity index (χ3n) is 4.04. The lowest BCUT2D eigenvalue weighted by Gasteiger charge is -2.27. The Hall–Kier alpha value is -1.42. The standard InChI is InChI=1S/C15H20ClN3O/c16-12-5-6-13(15(17)18-20)14(7-12)19(8-10-1-2-10)9-11-3-4-11/h5-7,10-11,20H,1-4,8-9H2,(H2,17,18). The summed E-state index contributed by atoms with van der Waals surface area (Å²) < 4.78 is 0. The Morgan fingerprint density at radius 3 is 2.35 bits per heavy atom. The molecular formula is C15H20ClN3O. The minimum atomic E-state index is 0.147. The van der Waals surface area contributed by atoms with Crippen molar-refractivity contribution in [2.24, 2.45) is 22.7 Å². The third-order valence-corrected chi connectivity index (χ3v) is 4.27. The van der Waals surface area contributed by atoms with Crippen LogP contribution in [0.4, 0.5) is 5.69 Å². The molecule has 0 radical (unpaired) electrons. The number of nitrogens with two attached hydrogens (primary N) is 1. The number of halogens is 1. The predicted molar refractivity (Wildman–Crippen MR) is 81.6 cm³/mol. The van der Waals surface area contributed by atoms with Gasteiger partial charge in [0.2, 0.25) is 0 Å². The molecule has 2 aliphatic carbocycles. The van der Waals surface area contributed by atoms with Crippen LogP contribution in [0.1, 0.15) is 31.2 Å². The maximum Gasteiger partial charge on any atom is 0.172 e. The average molecular weight is 294 g/mol. The largest absolute Gasteiger partial charge is 0.409 e. The van der Waals surface area contributed by atoms with Crippen LogP contribution < -0.4 is 10.6 Å². The molecule has 0 atom stereocenters. The molecule has 0 spiro atoms. The summed E-state index contributed by atoms with van der Waals surface area (Å²) in [5.74, 6) is 1.72. The van der Waals surface area contributed by atoms with Gasteiger partial charge >= 0.3 is 0 Å². The molecule has 1 aromatic carbocycles. The fraction of sp³-hybridized carbons (Fsp3) is 0.533. The Morgan fingerprint density at radius 1 is 1.25 bits per heavy atom. The Morgan fingerprint density at radius 2 is 1.85 bits per heavy atom. The molecule has 4 nitrogen and oxygen atoms in total. The van der Waals surface area contributed by atoms with Gasteiger partial charge in [-0.25, -0.2) is 0 Å². The van der Waals surface area contributed by atoms with E-state index in [9.17, 15) is 0 Å². The second-order valence-corrected chi connectivity index (χ2v) is 6.37. The summed E-state index contributed by atoms with van der Waals surface area (Å²) in [6.45, 7) is 2.09. The van der Waals surface area contributed by atoms with Crippen molar-refractivity contribution in [3.8, 4) is 0 Å². The van der Waals surface area contributed by atoms with E-state index in [2.05, 4.69) is 10.1 Å². The van der Waals surface area contributed by atoms with Gasteiger partial charge in [-0.2, -0.15) is 0 Å². The van der Waals surface area contributed by atoms with Crippen molar-refractivity contribution in [1.82, 2.24) is 0 Å². The van der Waals surface area contributed by atoms with Crippen molar-refractivity contribution < 1.29 is 5.21 Å². The first-order valence-electron chi connectivity index (χ1n) is 7.19. The van der Waals surface area contributed by atoms with Crippen molar-refractivity contribution in [2.45, 2.75) is 25.7 Å². The van der Waals surface area contributed by atoms with Crippen LogP contribution in [0.3, 0.4) is 0 Å². The van der Waals surface area contributed by atoms with Crippen LogP contribution in [0.25, 0.3) is 0 Å². The molecule has 0 heterocycles. The first-order valence-corrected chi connectivity index (χ1v) is 7.57. The van der Waals surface area contributed by atoms with Crippen LogP contribution in [0.2, 0.25) is 5.02 Å². The van der Waals surface area contributed by atoms with Crippen LogP contribution >= 0.6 is 11.6 Å². The molecule has 0 aromatic heterocycles. The van der Waals surface area contributed by atoms with E-state index in [1.165, 1.54) is 25.7 Å². The molecule has 0 amide bonds. The Kier molecular flexibility index (Phi) is 3.74. The Labute approximate surface area is 124 Å². The molecular weight excluding hydrogens is 274 g/mol. The van der Waals surface area contributed by atoms with E-state index < -0.39 is 0 Å². The van der Waals surface area contributed by atoms with Crippen molar-refractivity contribution in [3.63, 3.8) is 0 Å². The molecule has 5 heteroatoms. The zero-order valence-electron chi connectivity index (χ0n) is 11.4. The van der Waals surface area contributed by atoms with Gasteiger partial charge in [-0.3, -0.25) is 0 Å². The zero-order chi connectivity index (χ0) is 14.1. The van der Waals surface area contributed by atoms with E-state index in [-0.39, 0.29) is 5.84 Å². The van der Waals surface area contributed by atoms with Gasteiger partial charge in [0.05, 0.1) is 0 Å². The van der Waals surface area contributed by atoms with Crippen LogP contribution in [0.5, 0.6) is 0 Å². The van der Waals surface area contributed by atoms with Crippen molar-refractivity contribution in [3.05, 3.63) is 28.8 Å². The zero-order valence-corrected chi connectivity index (χ0v) is 12.2. The number of hydrogen-bond acceptors (Lipinski definition) is 3. The number of amidine groups is 1. The molecule has 2 fully saturated rings. The number of anilines is 1. The van der Waals surface area contributed by atoms with Crippen LogP contribution in [0.15, 0.2) is 23.4 Å². The first kappa shape index (κ1) is 13.6. The second kappa shape index (κ2) is 5.52.